The normalized spacial score (nSPS) is 12.9. The van der Waals surface area contributed by atoms with Crippen molar-refractivity contribution in [2.75, 3.05) is 6.61 Å². The lowest BCUT2D eigenvalue weighted by Crippen LogP contribution is -2.40. The summed E-state index contributed by atoms with van der Waals surface area (Å²) in [6.45, 7) is 9.91. The summed E-state index contributed by atoms with van der Waals surface area (Å²) in [6, 6.07) is 9.47. The molecular formula is C19H27N3O2. The summed E-state index contributed by atoms with van der Waals surface area (Å²) in [7, 11) is 0. The minimum atomic E-state index is -0.267. The van der Waals surface area contributed by atoms with E-state index in [0.29, 0.717) is 17.7 Å². The van der Waals surface area contributed by atoms with Gasteiger partial charge in [0.2, 0.25) is 0 Å². The van der Waals surface area contributed by atoms with Crippen LogP contribution in [0.1, 0.15) is 48.9 Å². The van der Waals surface area contributed by atoms with Crippen LogP contribution in [0.3, 0.4) is 0 Å². The summed E-state index contributed by atoms with van der Waals surface area (Å²) < 4.78 is 1.78. The zero-order valence-electron chi connectivity index (χ0n) is 15.1. The number of carbonyl (C=O) groups excluding carboxylic acids is 1. The van der Waals surface area contributed by atoms with E-state index in [4.69, 9.17) is 0 Å². The maximum atomic E-state index is 12.7. The molecule has 0 bridgehead atoms. The van der Waals surface area contributed by atoms with E-state index in [1.807, 2.05) is 44.2 Å². The van der Waals surface area contributed by atoms with Crippen LogP contribution in [0.4, 0.5) is 0 Å². The summed E-state index contributed by atoms with van der Waals surface area (Å²) in [4.78, 5) is 12.7. The van der Waals surface area contributed by atoms with Crippen molar-refractivity contribution in [3.05, 3.63) is 47.3 Å². The highest BCUT2D eigenvalue weighted by Gasteiger charge is 2.24. The number of rotatable bonds is 5. The summed E-state index contributed by atoms with van der Waals surface area (Å²) in [5.74, 6) is -0.185. The van der Waals surface area contributed by atoms with Crippen molar-refractivity contribution in [1.29, 1.82) is 0 Å². The molecule has 0 aliphatic heterocycles. The number of hydrogen-bond acceptors (Lipinski definition) is 3. The van der Waals surface area contributed by atoms with E-state index < -0.39 is 0 Å². The van der Waals surface area contributed by atoms with Gasteiger partial charge < -0.3 is 10.4 Å². The van der Waals surface area contributed by atoms with Gasteiger partial charge in [-0.25, -0.2) is 4.68 Å². The Labute approximate surface area is 143 Å². The van der Waals surface area contributed by atoms with Gasteiger partial charge in [0.25, 0.3) is 5.91 Å². The average molecular weight is 329 g/mol. The van der Waals surface area contributed by atoms with E-state index in [9.17, 15) is 9.90 Å². The molecule has 0 saturated carbocycles. The third-order valence-electron chi connectivity index (χ3n) is 3.93. The number of aromatic nitrogens is 2. The Balaban J connectivity index is 2.26. The Kier molecular flexibility index (Phi) is 5.44. The molecule has 1 heterocycles. The van der Waals surface area contributed by atoms with Crippen molar-refractivity contribution < 1.29 is 9.90 Å². The lowest BCUT2D eigenvalue weighted by atomic mass is 9.88. The molecule has 1 aromatic heterocycles. The summed E-state index contributed by atoms with van der Waals surface area (Å²) in [5.41, 5.74) is 3.00. The van der Waals surface area contributed by atoms with Crippen molar-refractivity contribution >= 4 is 5.91 Å². The molecule has 2 rings (SSSR count). The Morgan fingerprint density at radius 1 is 1.25 bits per heavy atom. The zero-order valence-corrected chi connectivity index (χ0v) is 15.1. The summed E-state index contributed by atoms with van der Waals surface area (Å²) in [5, 5.41) is 17.0. The fourth-order valence-corrected chi connectivity index (χ4v) is 2.95. The number of hydrogen-bond donors (Lipinski definition) is 2. The van der Waals surface area contributed by atoms with E-state index in [1.165, 1.54) is 0 Å². The number of aliphatic hydroxyl groups excluding tert-OH is 1. The standard InChI is InChI=1S/C19H27N3O2/c1-13-17(18(24)20-15(12-23)11-19(3,4)5)14(2)22(21-13)16-9-7-6-8-10-16/h6-10,15,23H,11-12H2,1-5H3,(H,20,24). The van der Waals surface area contributed by atoms with Gasteiger partial charge in [-0.05, 0) is 37.8 Å². The van der Waals surface area contributed by atoms with Gasteiger partial charge in [-0.15, -0.1) is 0 Å². The Hall–Kier alpha value is -2.14. The predicted octanol–water partition coefficient (Wildman–Crippen LogP) is 3.02. The average Bonchev–Trinajstić information content (AvgIpc) is 2.81. The van der Waals surface area contributed by atoms with E-state index in [2.05, 4.69) is 31.2 Å². The maximum Gasteiger partial charge on any atom is 0.255 e. The second-order valence-electron chi connectivity index (χ2n) is 7.41. The van der Waals surface area contributed by atoms with Gasteiger partial charge in [-0.1, -0.05) is 39.0 Å². The molecule has 24 heavy (non-hydrogen) atoms. The molecule has 0 aliphatic carbocycles. The molecule has 0 fully saturated rings. The quantitative estimate of drug-likeness (QED) is 0.886. The molecule has 130 valence electrons. The van der Waals surface area contributed by atoms with Gasteiger partial charge in [0.1, 0.15) is 0 Å². The third kappa shape index (κ3) is 4.23. The van der Waals surface area contributed by atoms with Crippen LogP contribution in [-0.2, 0) is 0 Å². The SMILES string of the molecule is Cc1nn(-c2ccccc2)c(C)c1C(=O)NC(CO)CC(C)(C)C. The highest BCUT2D eigenvalue weighted by atomic mass is 16.3. The van der Waals surface area contributed by atoms with Crippen LogP contribution in [0.25, 0.3) is 5.69 Å². The Morgan fingerprint density at radius 3 is 2.42 bits per heavy atom. The topological polar surface area (TPSA) is 67.2 Å². The summed E-state index contributed by atoms with van der Waals surface area (Å²) in [6.07, 6.45) is 0.708. The minimum absolute atomic E-state index is 0.0268. The largest absolute Gasteiger partial charge is 0.394 e. The molecule has 5 heteroatoms. The molecule has 1 unspecified atom stereocenters. The van der Waals surface area contributed by atoms with E-state index in [1.54, 1.807) is 4.68 Å². The van der Waals surface area contributed by atoms with Gasteiger partial charge in [-0.3, -0.25) is 4.79 Å². The molecular weight excluding hydrogens is 302 g/mol. The number of para-hydroxylation sites is 1. The number of nitrogens with zero attached hydrogens (tertiary/aromatic N) is 2. The van der Waals surface area contributed by atoms with Gasteiger partial charge in [0.05, 0.1) is 35.3 Å². The molecule has 0 aliphatic rings. The molecule has 0 radical (unpaired) electrons. The van der Waals surface area contributed by atoms with E-state index >= 15 is 0 Å². The number of aryl methyl sites for hydroxylation is 1. The number of nitrogens with one attached hydrogen (secondary N) is 1. The van der Waals surface area contributed by atoms with Crippen molar-refractivity contribution in [3.8, 4) is 5.69 Å². The highest BCUT2D eigenvalue weighted by molar-refractivity contribution is 5.96. The van der Waals surface area contributed by atoms with Crippen LogP contribution in [0.2, 0.25) is 0 Å². The van der Waals surface area contributed by atoms with Crippen molar-refractivity contribution in [3.63, 3.8) is 0 Å². The second-order valence-corrected chi connectivity index (χ2v) is 7.41. The predicted molar refractivity (Wildman–Crippen MR) is 95.5 cm³/mol. The number of amides is 1. The fraction of sp³-hybridized carbons (Fsp3) is 0.474. The smallest absolute Gasteiger partial charge is 0.255 e. The van der Waals surface area contributed by atoms with Crippen LogP contribution < -0.4 is 5.32 Å². The molecule has 1 atom stereocenters. The molecule has 2 aromatic rings. The van der Waals surface area contributed by atoms with Crippen molar-refractivity contribution in [1.82, 2.24) is 15.1 Å². The number of carbonyl (C=O) groups is 1. The summed E-state index contributed by atoms with van der Waals surface area (Å²) >= 11 is 0. The Morgan fingerprint density at radius 2 is 1.88 bits per heavy atom. The molecule has 1 aromatic carbocycles. The van der Waals surface area contributed by atoms with Crippen LogP contribution in [0.15, 0.2) is 30.3 Å². The van der Waals surface area contributed by atoms with E-state index in [-0.39, 0.29) is 24.0 Å². The van der Waals surface area contributed by atoms with Crippen LogP contribution in [0, 0.1) is 19.3 Å². The lowest BCUT2D eigenvalue weighted by molar-refractivity contribution is 0.0896. The maximum absolute atomic E-state index is 12.7. The van der Waals surface area contributed by atoms with Crippen molar-refractivity contribution in [2.24, 2.45) is 5.41 Å². The highest BCUT2D eigenvalue weighted by Crippen LogP contribution is 2.22. The van der Waals surface area contributed by atoms with Crippen molar-refractivity contribution in [2.45, 2.75) is 47.1 Å². The van der Waals surface area contributed by atoms with Crippen LogP contribution in [0.5, 0.6) is 0 Å². The third-order valence-corrected chi connectivity index (χ3v) is 3.93. The van der Waals surface area contributed by atoms with E-state index in [0.717, 1.165) is 11.4 Å². The second kappa shape index (κ2) is 7.18. The molecule has 5 nitrogen and oxygen atoms in total. The first-order valence-electron chi connectivity index (χ1n) is 8.26. The minimum Gasteiger partial charge on any atom is -0.394 e. The molecule has 0 spiro atoms. The first kappa shape index (κ1) is 18.2. The van der Waals surface area contributed by atoms with Gasteiger partial charge >= 0.3 is 0 Å². The first-order valence-corrected chi connectivity index (χ1v) is 8.26. The van der Waals surface area contributed by atoms with Gasteiger partial charge in [0.15, 0.2) is 0 Å². The van der Waals surface area contributed by atoms with Crippen LogP contribution >= 0.6 is 0 Å². The monoisotopic (exact) mass is 329 g/mol. The lowest BCUT2D eigenvalue weighted by Gasteiger charge is -2.25. The zero-order chi connectivity index (χ0) is 17.9. The Bertz CT molecular complexity index is 699. The molecule has 0 saturated heterocycles. The van der Waals surface area contributed by atoms with Gasteiger partial charge in [0, 0.05) is 0 Å². The fourth-order valence-electron chi connectivity index (χ4n) is 2.95. The number of benzene rings is 1. The molecule has 2 N–H and O–H groups in total. The number of aliphatic hydroxyl groups is 1. The first-order chi connectivity index (χ1) is 11.2. The van der Waals surface area contributed by atoms with Gasteiger partial charge in [-0.2, -0.15) is 5.10 Å². The molecule has 1 amide bonds. The van der Waals surface area contributed by atoms with Crippen LogP contribution in [-0.4, -0.2) is 33.4 Å².